The van der Waals surface area contributed by atoms with Crippen molar-refractivity contribution in [2.24, 2.45) is 7.05 Å². The van der Waals surface area contributed by atoms with Crippen molar-refractivity contribution in [3.63, 3.8) is 0 Å². The van der Waals surface area contributed by atoms with Gasteiger partial charge in [0.05, 0.1) is 12.8 Å². The number of ether oxygens (including phenoxy) is 1. The number of hydrogen-bond donors (Lipinski definition) is 1. The minimum Gasteiger partial charge on any atom is -0.497 e. The lowest BCUT2D eigenvalue weighted by atomic mass is 10.1. The number of hydrogen-bond acceptors (Lipinski definition) is 3. The highest BCUT2D eigenvalue weighted by atomic mass is 16.5. The van der Waals surface area contributed by atoms with E-state index in [1.807, 2.05) is 38.2 Å². The summed E-state index contributed by atoms with van der Waals surface area (Å²) in [6, 6.07) is 7.96. The van der Waals surface area contributed by atoms with Gasteiger partial charge in [0.1, 0.15) is 11.6 Å². The molecule has 23 heavy (non-hydrogen) atoms. The molecule has 0 aliphatic rings. The van der Waals surface area contributed by atoms with Crippen molar-refractivity contribution in [1.82, 2.24) is 9.78 Å². The molecule has 1 N–H and O–H groups in total. The zero-order chi connectivity index (χ0) is 16.8. The van der Waals surface area contributed by atoms with E-state index in [1.165, 1.54) is 5.56 Å². The molecule has 0 unspecified atom stereocenters. The van der Waals surface area contributed by atoms with E-state index in [0.717, 1.165) is 42.1 Å². The summed E-state index contributed by atoms with van der Waals surface area (Å²) in [6.45, 7) is 4.06. The number of benzene rings is 1. The molecule has 0 radical (unpaired) electrons. The fraction of sp³-hybridized carbons (Fsp3) is 0.444. The second-order valence-electron chi connectivity index (χ2n) is 5.65. The van der Waals surface area contributed by atoms with E-state index in [0.29, 0.717) is 6.42 Å². The fourth-order valence-electron chi connectivity index (χ4n) is 2.64. The van der Waals surface area contributed by atoms with Gasteiger partial charge in [-0.25, -0.2) is 0 Å². The largest absolute Gasteiger partial charge is 0.497 e. The van der Waals surface area contributed by atoms with Crippen LogP contribution in [0.15, 0.2) is 24.3 Å². The van der Waals surface area contributed by atoms with Gasteiger partial charge < -0.3 is 10.1 Å². The first-order chi connectivity index (χ1) is 11.0. The molecule has 1 heterocycles. The van der Waals surface area contributed by atoms with Gasteiger partial charge in [0.2, 0.25) is 5.91 Å². The lowest BCUT2D eigenvalue weighted by molar-refractivity contribution is -0.116. The number of carbonyl (C=O) groups excluding carboxylic acids is 1. The molecule has 5 heteroatoms. The summed E-state index contributed by atoms with van der Waals surface area (Å²) >= 11 is 0. The van der Waals surface area contributed by atoms with Crippen LogP contribution in [0.4, 0.5) is 5.82 Å². The van der Waals surface area contributed by atoms with E-state index in [4.69, 9.17) is 4.74 Å². The van der Waals surface area contributed by atoms with Gasteiger partial charge in [-0.05, 0) is 43.9 Å². The van der Waals surface area contributed by atoms with Gasteiger partial charge in [0, 0.05) is 19.0 Å². The third kappa shape index (κ3) is 4.34. The van der Waals surface area contributed by atoms with Gasteiger partial charge in [-0.3, -0.25) is 9.48 Å². The van der Waals surface area contributed by atoms with Crippen molar-refractivity contribution < 1.29 is 9.53 Å². The van der Waals surface area contributed by atoms with Crippen molar-refractivity contribution in [3.8, 4) is 5.75 Å². The summed E-state index contributed by atoms with van der Waals surface area (Å²) < 4.78 is 6.89. The first kappa shape index (κ1) is 17.1. The number of methoxy groups -OCH3 is 1. The predicted octanol–water partition coefficient (Wildman–Crippen LogP) is 3.26. The summed E-state index contributed by atoms with van der Waals surface area (Å²) in [4.78, 5) is 12.1. The van der Waals surface area contributed by atoms with Crippen LogP contribution in [0.3, 0.4) is 0 Å². The number of anilines is 1. The Morgan fingerprint density at radius 2 is 2.00 bits per heavy atom. The number of carbonyl (C=O) groups is 1. The average Bonchev–Trinajstić information content (AvgIpc) is 2.83. The summed E-state index contributed by atoms with van der Waals surface area (Å²) in [5.41, 5.74) is 3.29. The molecule has 0 saturated carbocycles. The highest BCUT2D eigenvalue weighted by molar-refractivity contribution is 5.90. The van der Waals surface area contributed by atoms with E-state index in [9.17, 15) is 4.79 Å². The van der Waals surface area contributed by atoms with E-state index < -0.39 is 0 Å². The minimum atomic E-state index is 0.0345. The van der Waals surface area contributed by atoms with Crippen molar-refractivity contribution in [2.45, 2.75) is 39.5 Å². The van der Waals surface area contributed by atoms with Gasteiger partial charge in [-0.2, -0.15) is 5.10 Å². The molecule has 1 amide bonds. The van der Waals surface area contributed by atoms with Crippen molar-refractivity contribution >= 4 is 11.7 Å². The smallest absolute Gasteiger partial charge is 0.225 e. The molecular weight excluding hydrogens is 290 g/mol. The third-order valence-electron chi connectivity index (χ3n) is 4.00. The first-order valence-electron chi connectivity index (χ1n) is 8.00. The number of amides is 1. The number of nitrogens with one attached hydrogen (secondary N) is 1. The lowest BCUT2D eigenvalue weighted by Gasteiger charge is -2.07. The molecule has 0 atom stereocenters. The number of aromatic nitrogens is 2. The molecule has 0 saturated heterocycles. The van der Waals surface area contributed by atoms with E-state index in [1.54, 1.807) is 11.8 Å². The molecule has 1 aromatic heterocycles. The number of rotatable bonds is 7. The zero-order valence-electron chi connectivity index (χ0n) is 14.3. The highest BCUT2D eigenvalue weighted by Gasteiger charge is 2.13. The minimum absolute atomic E-state index is 0.0345. The monoisotopic (exact) mass is 315 g/mol. The Morgan fingerprint density at radius 3 is 2.57 bits per heavy atom. The van der Waals surface area contributed by atoms with Crippen molar-refractivity contribution in [3.05, 3.63) is 41.1 Å². The maximum absolute atomic E-state index is 12.1. The molecule has 5 nitrogen and oxygen atoms in total. The molecule has 0 bridgehead atoms. The van der Waals surface area contributed by atoms with Crippen LogP contribution in [-0.2, 0) is 24.7 Å². The Labute approximate surface area is 137 Å². The first-order valence-corrected chi connectivity index (χ1v) is 8.00. The summed E-state index contributed by atoms with van der Waals surface area (Å²) in [7, 11) is 3.52. The normalized spacial score (nSPS) is 10.6. The van der Waals surface area contributed by atoms with Crippen LogP contribution in [-0.4, -0.2) is 22.8 Å². The van der Waals surface area contributed by atoms with Gasteiger partial charge in [0.15, 0.2) is 0 Å². The standard InChI is InChI=1S/C18H25N3O2/c1-5-16-13(2)18(21(3)20-16)19-17(22)8-6-7-14-9-11-15(23-4)12-10-14/h9-12H,5-8H2,1-4H3,(H,19,22). The molecule has 2 rings (SSSR count). The molecule has 0 aliphatic carbocycles. The summed E-state index contributed by atoms with van der Waals surface area (Å²) in [5.74, 6) is 1.69. The maximum atomic E-state index is 12.1. The molecule has 2 aromatic rings. The average molecular weight is 315 g/mol. The fourth-order valence-corrected chi connectivity index (χ4v) is 2.64. The van der Waals surface area contributed by atoms with Crippen LogP contribution in [0.1, 0.15) is 36.6 Å². The Kier molecular flexibility index (Phi) is 5.79. The van der Waals surface area contributed by atoms with Crippen LogP contribution < -0.4 is 10.1 Å². The third-order valence-corrected chi connectivity index (χ3v) is 4.00. The van der Waals surface area contributed by atoms with Crippen LogP contribution in [0.2, 0.25) is 0 Å². The Hall–Kier alpha value is -2.30. The van der Waals surface area contributed by atoms with Crippen LogP contribution in [0, 0.1) is 6.92 Å². The predicted molar refractivity (Wildman–Crippen MR) is 91.9 cm³/mol. The lowest BCUT2D eigenvalue weighted by Crippen LogP contribution is -2.15. The van der Waals surface area contributed by atoms with Gasteiger partial charge >= 0.3 is 0 Å². The SMILES string of the molecule is CCc1nn(C)c(NC(=O)CCCc2ccc(OC)cc2)c1C. The van der Waals surface area contributed by atoms with E-state index >= 15 is 0 Å². The van der Waals surface area contributed by atoms with Gasteiger partial charge in [-0.15, -0.1) is 0 Å². The Balaban J connectivity index is 1.84. The molecule has 124 valence electrons. The molecule has 0 spiro atoms. The Morgan fingerprint density at radius 1 is 1.30 bits per heavy atom. The summed E-state index contributed by atoms with van der Waals surface area (Å²) in [6.07, 6.45) is 3.06. The highest BCUT2D eigenvalue weighted by Crippen LogP contribution is 2.19. The number of nitrogens with zero attached hydrogens (tertiary/aromatic N) is 2. The molecular formula is C18H25N3O2. The van der Waals surface area contributed by atoms with Gasteiger partial charge in [0.25, 0.3) is 0 Å². The molecule has 0 fully saturated rings. The van der Waals surface area contributed by atoms with E-state index in [-0.39, 0.29) is 5.91 Å². The maximum Gasteiger partial charge on any atom is 0.225 e. The quantitative estimate of drug-likeness (QED) is 0.853. The molecule has 0 aliphatic heterocycles. The molecule has 1 aromatic carbocycles. The van der Waals surface area contributed by atoms with Crippen molar-refractivity contribution in [1.29, 1.82) is 0 Å². The number of aryl methyl sites for hydroxylation is 3. The summed E-state index contributed by atoms with van der Waals surface area (Å²) in [5, 5.41) is 7.40. The van der Waals surface area contributed by atoms with Crippen molar-refractivity contribution in [2.75, 3.05) is 12.4 Å². The second kappa shape index (κ2) is 7.81. The second-order valence-corrected chi connectivity index (χ2v) is 5.65. The van der Waals surface area contributed by atoms with Gasteiger partial charge in [-0.1, -0.05) is 19.1 Å². The van der Waals surface area contributed by atoms with Crippen LogP contribution in [0.5, 0.6) is 5.75 Å². The van der Waals surface area contributed by atoms with E-state index in [2.05, 4.69) is 17.3 Å². The van der Waals surface area contributed by atoms with Crippen LogP contribution >= 0.6 is 0 Å². The topological polar surface area (TPSA) is 56.2 Å². The Bertz CT molecular complexity index is 660. The zero-order valence-corrected chi connectivity index (χ0v) is 14.3. The van der Waals surface area contributed by atoms with Crippen LogP contribution in [0.25, 0.3) is 0 Å².